The van der Waals surface area contributed by atoms with Crippen molar-refractivity contribution in [1.29, 1.82) is 0 Å². The molecule has 0 unspecified atom stereocenters. The van der Waals surface area contributed by atoms with Crippen LogP contribution in [0.5, 0.6) is 0 Å². The van der Waals surface area contributed by atoms with Gasteiger partial charge in [0.2, 0.25) is 0 Å². The zero-order valence-electron chi connectivity index (χ0n) is 15.4. The SMILES string of the molecule is Cl.Cl.O=C(NCCN1CCNCC1)c1cc(-c2ccco2)nc2ccccc12. The summed E-state index contributed by atoms with van der Waals surface area (Å²) in [7, 11) is 0. The number of rotatable bonds is 5. The molecule has 28 heavy (non-hydrogen) atoms. The van der Waals surface area contributed by atoms with E-state index in [9.17, 15) is 4.79 Å². The van der Waals surface area contributed by atoms with Gasteiger partial charge in [-0.1, -0.05) is 18.2 Å². The number of nitrogens with one attached hydrogen (secondary N) is 2. The average Bonchev–Trinajstić information content (AvgIpc) is 3.23. The van der Waals surface area contributed by atoms with Crippen LogP contribution in [0.15, 0.2) is 53.1 Å². The van der Waals surface area contributed by atoms with E-state index in [4.69, 9.17) is 4.42 Å². The molecule has 0 saturated carbocycles. The summed E-state index contributed by atoms with van der Waals surface area (Å²) >= 11 is 0. The zero-order chi connectivity index (χ0) is 17.8. The van der Waals surface area contributed by atoms with E-state index in [1.807, 2.05) is 36.4 Å². The third-order valence-electron chi connectivity index (χ3n) is 4.66. The van der Waals surface area contributed by atoms with Crippen LogP contribution in [0, 0.1) is 0 Å². The van der Waals surface area contributed by atoms with Gasteiger partial charge in [-0.15, -0.1) is 24.8 Å². The molecule has 0 atom stereocenters. The van der Waals surface area contributed by atoms with Crippen molar-refractivity contribution in [2.75, 3.05) is 39.3 Å². The Morgan fingerprint density at radius 2 is 1.93 bits per heavy atom. The Morgan fingerprint density at radius 1 is 1.14 bits per heavy atom. The highest BCUT2D eigenvalue weighted by atomic mass is 35.5. The van der Waals surface area contributed by atoms with Gasteiger partial charge in [-0.3, -0.25) is 9.69 Å². The van der Waals surface area contributed by atoms with Crippen LogP contribution >= 0.6 is 24.8 Å². The minimum atomic E-state index is -0.0773. The van der Waals surface area contributed by atoms with Crippen LogP contribution in [0.2, 0.25) is 0 Å². The van der Waals surface area contributed by atoms with E-state index in [1.54, 1.807) is 12.3 Å². The zero-order valence-corrected chi connectivity index (χ0v) is 17.0. The number of nitrogens with zero attached hydrogens (tertiary/aromatic N) is 2. The van der Waals surface area contributed by atoms with Gasteiger partial charge in [0.25, 0.3) is 5.91 Å². The first-order chi connectivity index (χ1) is 12.8. The van der Waals surface area contributed by atoms with Crippen molar-refractivity contribution < 1.29 is 9.21 Å². The molecule has 1 saturated heterocycles. The topological polar surface area (TPSA) is 70.4 Å². The van der Waals surface area contributed by atoms with Crippen molar-refractivity contribution in [3.05, 3.63) is 54.3 Å². The molecule has 2 aromatic heterocycles. The second kappa shape index (κ2) is 10.4. The number of benzene rings is 1. The van der Waals surface area contributed by atoms with E-state index < -0.39 is 0 Å². The molecular formula is C20H24Cl2N4O2. The van der Waals surface area contributed by atoms with Crippen molar-refractivity contribution in [1.82, 2.24) is 20.5 Å². The molecule has 3 aromatic rings. The molecule has 0 radical (unpaired) electrons. The van der Waals surface area contributed by atoms with Gasteiger partial charge in [0.15, 0.2) is 5.76 Å². The van der Waals surface area contributed by atoms with Gasteiger partial charge in [-0.05, 0) is 24.3 Å². The molecule has 1 fully saturated rings. The number of carbonyl (C=O) groups is 1. The van der Waals surface area contributed by atoms with E-state index >= 15 is 0 Å². The highest BCUT2D eigenvalue weighted by Gasteiger charge is 2.15. The standard InChI is InChI=1S/C20H22N4O2.2ClH/c25-20(22-9-12-24-10-7-21-8-11-24)16-14-18(19-6-3-13-26-19)23-17-5-2-1-4-15(16)17;;/h1-6,13-14,21H,7-12H2,(H,22,25);2*1H. The fraction of sp³-hybridized carbons (Fsp3) is 0.300. The van der Waals surface area contributed by atoms with Crippen LogP contribution in [-0.4, -0.2) is 55.1 Å². The number of aromatic nitrogens is 1. The molecule has 1 aromatic carbocycles. The monoisotopic (exact) mass is 422 g/mol. The molecule has 8 heteroatoms. The predicted octanol–water partition coefficient (Wildman–Crippen LogP) is 2.97. The molecule has 150 valence electrons. The van der Waals surface area contributed by atoms with Gasteiger partial charge in [0.05, 0.1) is 17.3 Å². The van der Waals surface area contributed by atoms with Crippen LogP contribution in [0.1, 0.15) is 10.4 Å². The quantitative estimate of drug-likeness (QED) is 0.661. The Kier molecular flexibility index (Phi) is 8.26. The van der Waals surface area contributed by atoms with E-state index in [-0.39, 0.29) is 30.7 Å². The van der Waals surface area contributed by atoms with Gasteiger partial charge in [0.1, 0.15) is 5.69 Å². The lowest BCUT2D eigenvalue weighted by atomic mass is 10.1. The van der Waals surface area contributed by atoms with Gasteiger partial charge >= 0.3 is 0 Å². The highest BCUT2D eigenvalue weighted by molar-refractivity contribution is 6.07. The third kappa shape index (κ3) is 5.02. The summed E-state index contributed by atoms with van der Waals surface area (Å²) in [5.41, 5.74) is 2.08. The van der Waals surface area contributed by atoms with Gasteiger partial charge in [-0.25, -0.2) is 4.98 Å². The molecule has 1 aliphatic heterocycles. The lowest BCUT2D eigenvalue weighted by Crippen LogP contribution is -2.46. The maximum atomic E-state index is 12.8. The summed E-state index contributed by atoms with van der Waals surface area (Å²) in [4.78, 5) is 19.8. The van der Waals surface area contributed by atoms with Crippen molar-refractivity contribution in [3.63, 3.8) is 0 Å². The van der Waals surface area contributed by atoms with Crippen LogP contribution in [-0.2, 0) is 0 Å². The van der Waals surface area contributed by atoms with E-state index in [1.165, 1.54) is 0 Å². The second-order valence-corrected chi connectivity index (χ2v) is 6.40. The summed E-state index contributed by atoms with van der Waals surface area (Å²) in [6, 6.07) is 13.2. The molecule has 4 rings (SSSR count). The van der Waals surface area contributed by atoms with Gasteiger partial charge in [-0.2, -0.15) is 0 Å². The third-order valence-corrected chi connectivity index (χ3v) is 4.66. The Hall–Kier alpha value is -2.12. The van der Waals surface area contributed by atoms with Gasteiger partial charge in [0, 0.05) is 44.7 Å². The van der Waals surface area contributed by atoms with Crippen LogP contribution in [0.3, 0.4) is 0 Å². The van der Waals surface area contributed by atoms with Crippen molar-refractivity contribution in [3.8, 4) is 11.5 Å². The average molecular weight is 423 g/mol. The molecular weight excluding hydrogens is 399 g/mol. The number of pyridine rings is 1. The van der Waals surface area contributed by atoms with E-state index in [2.05, 4.69) is 20.5 Å². The number of fused-ring (bicyclic) bond motifs is 1. The van der Waals surface area contributed by atoms with Crippen molar-refractivity contribution in [2.24, 2.45) is 0 Å². The molecule has 1 aliphatic rings. The fourth-order valence-electron chi connectivity index (χ4n) is 3.27. The Balaban J connectivity index is 0.00000140. The number of furan rings is 1. The Morgan fingerprint density at radius 3 is 2.68 bits per heavy atom. The number of hydrogen-bond acceptors (Lipinski definition) is 5. The molecule has 6 nitrogen and oxygen atoms in total. The Labute approximate surface area is 176 Å². The predicted molar refractivity (Wildman–Crippen MR) is 116 cm³/mol. The highest BCUT2D eigenvalue weighted by Crippen LogP contribution is 2.25. The van der Waals surface area contributed by atoms with Gasteiger partial charge < -0.3 is 15.1 Å². The Bertz CT molecular complexity index is 896. The summed E-state index contributed by atoms with van der Waals surface area (Å²) in [6.07, 6.45) is 1.61. The molecule has 3 heterocycles. The maximum Gasteiger partial charge on any atom is 0.252 e. The number of carbonyl (C=O) groups excluding carboxylic acids is 1. The molecule has 0 bridgehead atoms. The minimum Gasteiger partial charge on any atom is -0.463 e. The molecule has 0 spiro atoms. The van der Waals surface area contributed by atoms with E-state index in [0.717, 1.165) is 43.6 Å². The lowest BCUT2D eigenvalue weighted by molar-refractivity contribution is 0.0949. The lowest BCUT2D eigenvalue weighted by Gasteiger charge is -2.27. The first-order valence-electron chi connectivity index (χ1n) is 8.96. The first kappa shape index (κ1) is 22.2. The summed E-state index contributed by atoms with van der Waals surface area (Å²) in [5.74, 6) is 0.581. The smallest absolute Gasteiger partial charge is 0.252 e. The first-order valence-corrected chi connectivity index (χ1v) is 8.96. The number of halogens is 2. The molecule has 2 N–H and O–H groups in total. The van der Waals surface area contributed by atoms with Crippen molar-refractivity contribution in [2.45, 2.75) is 0 Å². The molecule has 0 aliphatic carbocycles. The largest absolute Gasteiger partial charge is 0.463 e. The summed E-state index contributed by atoms with van der Waals surface area (Å²) in [6.45, 7) is 5.56. The number of hydrogen-bond donors (Lipinski definition) is 2. The second-order valence-electron chi connectivity index (χ2n) is 6.40. The summed E-state index contributed by atoms with van der Waals surface area (Å²) in [5, 5.41) is 7.24. The number of para-hydroxylation sites is 1. The minimum absolute atomic E-state index is 0. The normalized spacial score (nSPS) is 14.1. The van der Waals surface area contributed by atoms with Crippen molar-refractivity contribution >= 4 is 41.6 Å². The summed E-state index contributed by atoms with van der Waals surface area (Å²) < 4.78 is 5.46. The van der Waals surface area contributed by atoms with Crippen LogP contribution in [0.25, 0.3) is 22.4 Å². The van der Waals surface area contributed by atoms with Crippen LogP contribution in [0.4, 0.5) is 0 Å². The number of piperazine rings is 1. The molecule has 1 amide bonds. The fourth-order valence-corrected chi connectivity index (χ4v) is 3.27. The van der Waals surface area contributed by atoms with Crippen LogP contribution < -0.4 is 10.6 Å². The van der Waals surface area contributed by atoms with E-state index in [0.29, 0.717) is 23.6 Å². The maximum absolute atomic E-state index is 12.8. The number of amides is 1.